The van der Waals surface area contributed by atoms with Crippen molar-refractivity contribution >= 4 is 21.0 Å². The predicted molar refractivity (Wildman–Crippen MR) is 150 cm³/mol. The molecule has 4 rings (SSSR count). The molecule has 1 fully saturated rings. The Morgan fingerprint density at radius 1 is 0.850 bits per heavy atom. The van der Waals surface area contributed by atoms with E-state index in [-0.39, 0.29) is 11.2 Å². The van der Waals surface area contributed by atoms with Gasteiger partial charge in [0.05, 0.1) is 24.1 Å². The number of hydrogen-bond donors (Lipinski definition) is 1. The first-order valence-corrected chi connectivity index (χ1v) is 15.7. The summed E-state index contributed by atoms with van der Waals surface area (Å²) in [5, 5.41) is -4.45. The van der Waals surface area contributed by atoms with E-state index in [2.05, 4.69) is 13.8 Å². The maximum atomic E-state index is 14.0. The third-order valence-corrected chi connectivity index (χ3v) is 10.3. The van der Waals surface area contributed by atoms with Crippen molar-refractivity contribution in [1.82, 2.24) is 0 Å². The molecule has 0 aliphatic carbocycles. The van der Waals surface area contributed by atoms with E-state index < -0.39 is 38.2 Å². The van der Waals surface area contributed by atoms with Gasteiger partial charge in [0.15, 0.2) is 26.6 Å². The second-order valence-corrected chi connectivity index (χ2v) is 14.2. The monoisotopic (exact) mass is 593 g/mol. The minimum atomic E-state index is -5.62. The van der Waals surface area contributed by atoms with E-state index >= 15 is 0 Å². The van der Waals surface area contributed by atoms with Crippen molar-refractivity contribution in [2.45, 2.75) is 72.4 Å². The van der Waals surface area contributed by atoms with E-state index in [1.165, 1.54) is 12.1 Å². The molecular weight excluding hydrogens is 558 g/mol. The number of alkyl halides is 2. The Bertz CT molecular complexity index is 1370. The van der Waals surface area contributed by atoms with Crippen LogP contribution in [0.3, 0.4) is 0 Å². The standard InChI is InChI=1S/C30H34F2O6S2/c1-22(30(31,32)40(33,34)35)38-24-12-16-27(17-13-24)39(25-8-6-5-7-9-25)26-14-10-23(11-15-26)29(4)36-20-18-28(2,3)19-21-37-29/h5-17,22H,18-21H2,1-4H3/p+1. The van der Waals surface area contributed by atoms with Gasteiger partial charge in [-0.25, -0.2) is 0 Å². The summed E-state index contributed by atoms with van der Waals surface area (Å²) in [4.78, 5) is 3.00. The van der Waals surface area contributed by atoms with Gasteiger partial charge in [0, 0.05) is 5.56 Å². The van der Waals surface area contributed by atoms with E-state index in [9.17, 15) is 17.2 Å². The molecule has 1 saturated heterocycles. The second-order valence-electron chi connectivity index (χ2n) is 10.7. The first kappa shape index (κ1) is 30.5. The van der Waals surface area contributed by atoms with Gasteiger partial charge in [-0.2, -0.15) is 17.2 Å². The van der Waals surface area contributed by atoms with Crippen molar-refractivity contribution in [3.05, 3.63) is 84.4 Å². The third-order valence-electron chi connectivity index (χ3n) is 7.10. The molecule has 3 aromatic rings. The minimum absolute atomic E-state index is 0.0567. The van der Waals surface area contributed by atoms with Crippen molar-refractivity contribution in [3.63, 3.8) is 0 Å². The summed E-state index contributed by atoms with van der Waals surface area (Å²) < 4.78 is 76.5. The van der Waals surface area contributed by atoms with Crippen LogP contribution < -0.4 is 4.74 Å². The Hall–Kier alpha value is -2.50. The van der Waals surface area contributed by atoms with Gasteiger partial charge in [-0.1, -0.05) is 32.0 Å². The predicted octanol–water partition coefficient (Wildman–Crippen LogP) is 7.06. The molecular formula is C30H35F2O6S2+. The van der Waals surface area contributed by atoms with Gasteiger partial charge in [-0.15, -0.1) is 0 Å². The quantitative estimate of drug-likeness (QED) is 0.223. The van der Waals surface area contributed by atoms with Crippen molar-refractivity contribution in [1.29, 1.82) is 0 Å². The van der Waals surface area contributed by atoms with Crippen LogP contribution in [0.15, 0.2) is 93.5 Å². The fourth-order valence-corrected chi connectivity index (χ4v) is 6.90. The van der Waals surface area contributed by atoms with E-state index in [0.29, 0.717) is 13.2 Å². The molecule has 1 aliphatic rings. The summed E-state index contributed by atoms with van der Waals surface area (Å²) in [6, 6.07) is 24.6. The normalized spacial score (nSPS) is 19.2. The summed E-state index contributed by atoms with van der Waals surface area (Å²) in [5.41, 5.74) is 1.09. The summed E-state index contributed by atoms with van der Waals surface area (Å²) >= 11 is 0. The van der Waals surface area contributed by atoms with Crippen LogP contribution in [0, 0.1) is 5.41 Å². The molecule has 0 spiro atoms. The van der Waals surface area contributed by atoms with Gasteiger partial charge in [0.2, 0.25) is 0 Å². The van der Waals surface area contributed by atoms with Crippen molar-refractivity contribution in [2.75, 3.05) is 13.2 Å². The average Bonchev–Trinajstić information content (AvgIpc) is 2.89. The summed E-state index contributed by atoms with van der Waals surface area (Å²) in [5.74, 6) is -0.790. The number of ether oxygens (including phenoxy) is 3. The molecule has 0 radical (unpaired) electrons. The lowest BCUT2D eigenvalue weighted by Gasteiger charge is -2.36. The minimum Gasteiger partial charge on any atom is -0.483 e. The topological polar surface area (TPSA) is 82.1 Å². The zero-order valence-corrected chi connectivity index (χ0v) is 24.6. The summed E-state index contributed by atoms with van der Waals surface area (Å²) in [7, 11) is -6.15. The molecule has 10 heteroatoms. The van der Waals surface area contributed by atoms with Gasteiger partial charge in [-0.3, -0.25) is 4.55 Å². The molecule has 6 nitrogen and oxygen atoms in total. The van der Waals surface area contributed by atoms with Crippen LogP contribution >= 0.6 is 0 Å². The Morgan fingerprint density at radius 2 is 1.32 bits per heavy atom. The Labute approximate surface area is 237 Å². The molecule has 216 valence electrons. The highest BCUT2D eigenvalue weighted by Gasteiger charge is 2.51. The number of benzene rings is 3. The van der Waals surface area contributed by atoms with Gasteiger partial charge in [0.25, 0.3) is 0 Å². The highest BCUT2D eigenvalue weighted by atomic mass is 32.2. The van der Waals surface area contributed by atoms with Gasteiger partial charge < -0.3 is 14.2 Å². The second kappa shape index (κ2) is 11.8. The van der Waals surface area contributed by atoms with Gasteiger partial charge in [-0.05, 0) is 92.8 Å². The molecule has 2 atom stereocenters. The molecule has 1 heterocycles. The average molecular weight is 594 g/mol. The van der Waals surface area contributed by atoms with Crippen LogP contribution in [0.4, 0.5) is 8.78 Å². The van der Waals surface area contributed by atoms with Crippen molar-refractivity contribution in [3.8, 4) is 5.75 Å². The highest BCUT2D eigenvalue weighted by Crippen LogP contribution is 2.37. The number of rotatable bonds is 8. The smallest absolute Gasteiger partial charge is 0.405 e. The fraction of sp³-hybridized carbons (Fsp3) is 0.400. The van der Waals surface area contributed by atoms with Crippen LogP contribution in [0.5, 0.6) is 5.75 Å². The summed E-state index contributed by atoms with van der Waals surface area (Å²) in [6.07, 6.45) is -0.181. The molecule has 40 heavy (non-hydrogen) atoms. The maximum Gasteiger partial charge on any atom is 0.405 e. The number of halogens is 2. The van der Waals surface area contributed by atoms with Crippen molar-refractivity contribution < 1.29 is 36.0 Å². The van der Waals surface area contributed by atoms with E-state index in [1.54, 1.807) is 12.1 Å². The van der Waals surface area contributed by atoms with Gasteiger partial charge in [0.1, 0.15) is 5.75 Å². The first-order valence-electron chi connectivity index (χ1n) is 13.0. The largest absolute Gasteiger partial charge is 0.483 e. The molecule has 0 aromatic heterocycles. The van der Waals surface area contributed by atoms with E-state index in [0.717, 1.165) is 40.0 Å². The van der Waals surface area contributed by atoms with Crippen molar-refractivity contribution in [2.24, 2.45) is 5.41 Å². The Balaban J connectivity index is 1.59. The first-order chi connectivity index (χ1) is 18.7. The van der Waals surface area contributed by atoms with Crippen LogP contribution in [-0.4, -0.2) is 37.5 Å². The van der Waals surface area contributed by atoms with Crippen LogP contribution in [0.2, 0.25) is 0 Å². The third kappa shape index (κ3) is 6.86. The summed E-state index contributed by atoms with van der Waals surface area (Å²) in [6.45, 7) is 8.47. The van der Waals surface area contributed by atoms with Crippen LogP contribution in [0.25, 0.3) is 0 Å². The fourth-order valence-electron chi connectivity index (χ4n) is 4.37. The Kier molecular flexibility index (Phi) is 8.97. The lowest BCUT2D eigenvalue weighted by atomic mass is 9.86. The molecule has 0 bridgehead atoms. The van der Waals surface area contributed by atoms with Crippen LogP contribution in [-0.2, 0) is 36.3 Å². The molecule has 0 amide bonds. The molecule has 3 aromatic carbocycles. The molecule has 2 unspecified atom stereocenters. The molecule has 1 aliphatic heterocycles. The lowest BCUT2D eigenvalue weighted by Crippen LogP contribution is -2.42. The number of hydrogen-bond acceptors (Lipinski definition) is 5. The van der Waals surface area contributed by atoms with Gasteiger partial charge >= 0.3 is 15.4 Å². The van der Waals surface area contributed by atoms with E-state index in [4.69, 9.17) is 18.8 Å². The zero-order valence-electron chi connectivity index (χ0n) is 23.0. The Morgan fingerprint density at radius 3 is 1.82 bits per heavy atom. The molecule has 1 N–H and O–H groups in total. The zero-order chi connectivity index (χ0) is 29.2. The maximum absolute atomic E-state index is 14.0. The lowest BCUT2D eigenvalue weighted by molar-refractivity contribution is -0.249. The van der Waals surface area contributed by atoms with Crippen LogP contribution in [0.1, 0.15) is 46.1 Å². The highest BCUT2D eigenvalue weighted by molar-refractivity contribution is 7.97. The molecule has 0 saturated carbocycles. The van der Waals surface area contributed by atoms with E-state index in [1.807, 2.05) is 61.5 Å². The SMILES string of the molecule is CC(Oc1ccc([S+](c2ccccc2)c2ccc(C3(C)OCCC(C)(C)CCO3)cc2)cc1)C(F)(F)S(=O)(=O)O.